The highest BCUT2D eigenvalue weighted by Gasteiger charge is 2.16. The molecule has 0 aliphatic rings. The van der Waals surface area contributed by atoms with Crippen molar-refractivity contribution < 1.29 is 16.8 Å². The molecular weight excluding hydrogens is 310 g/mol. The Labute approximate surface area is 124 Å². The van der Waals surface area contributed by atoms with Gasteiger partial charge in [0.15, 0.2) is 9.84 Å². The van der Waals surface area contributed by atoms with Crippen LogP contribution in [0.3, 0.4) is 0 Å². The van der Waals surface area contributed by atoms with Crippen LogP contribution in [0.4, 0.5) is 5.69 Å². The van der Waals surface area contributed by atoms with Crippen molar-refractivity contribution in [3.8, 4) is 0 Å². The van der Waals surface area contributed by atoms with E-state index in [2.05, 4.69) is 4.72 Å². The van der Waals surface area contributed by atoms with Crippen molar-refractivity contribution in [2.24, 2.45) is 0 Å². The number of sulfonamides is 1. The summed E-state index contributed by atoms with van der Waals surface area (Å²) in [7, 11) is -6.99. The number of rotatable bonds is 5. The zero-order valence-electron chi connectivity index (χ0n) is 11.4. The number of sulfone groups is 1. The van der Waals surface area contributed by atoms with E-state index in [1.165, 1.54) is 12.1 Å². The molecule has 0 saturated heterocycles. The summed E-state index contributed by atoms with van der Waals surface area (Å²) in [5, 5.41) is 0. The molecule has 0 aliphatic heterocycles. The van der Waals surface area contributed by atoms with Gasteiger partial charge in [-0.3, -0.25) is 4.72 Å². The van der Waals surface area contributed by atoms with Gasteiger partial charge < -0.3 is 0 Å². The summed E-state index contributed by atoms with van der Waals surface area (Å²) in [5.41, 5.74) is 0.686. The number of para-hydroxylation sites is 1. The molecule has 1 N–H and O–H groups in total. The van der Waals surface area contributed by atoms with E-state index in [1.54, 1.807) is 42.5 Å². The molecule has 5 nitrogen and oxygen atoms in total. The van der Waals surface area contributed by atoms with E-state index >= 15 is 0 Å². The van der Waals surface area contributed by atoms with Gasteiger partial charge in [-0.2, -0.15) is 0 Å². The van der Waals surface area contributed by atoms with Gasteiger partial charge in [0.2, 0.25) is 0 Å². The van der Waals surface area contributed by atoms with Crippen LogP contribution in [0.1, 0.15) is 5.56 Å². The first-order valence-electron chi connectivity index (χ1n) is 6.11. The smallest absolute Gasteiger partial charge is 0.261 e. The second-order valence-corrected chi connectivity index (χ2v) is 8.47. The van der Waals surface area contributed by atoms with Crippen LogP contribution in [0.15, 0.2) is 59.5 Å². The zero-order chi connectivity index (χ0) is 15.5. The Hall–Kier alpha value is -1.86. The standard InChI is InChI=1S/C14H15NO4S2/c1-20(16,17)11-12-7-5-6-10-14(12)15-21(18,19)13-8-3-2-4-9-13/h2-10,15H,11H2,1H3. The second kappa shape index (κ2) is 5.87. The van der Waals surface area contributed by atoms with E-state index in [-0.39, 0.29) is 16.3 Å². The summed E-state index contributed by atoms with van der Waals surface area (Å²) in [6, 6.07) is 14.4. The molecule has 0 bridgehead atoms. The Balaban J connectivity index is 2.36. The average molecular weight is 325 g/mol. The van der Waals surface area contributed by atoms with Crippen LogP contribution in [0, 0.1) is 0 Å². The lowest BCUT2D eigenvalue weighted by atomic mass is 10.2. The molecule has 0 fully saturated rings. The molecule has 112 valence electrons. The normalized spacial score (nSPS) is 12.0. The van der Waals surface area contributed by atoms with Gasteiger partial charge in [-0.05, 0) is 23.8 Å². The quantitative estimate of drug-likeness (QED) is 0.912. The lowest BCUT2D eigenvalue weighted by molar-refractivity contribution is 0.598. The van der Waals surface area contributed by atoms with Crippen LogP contribution in [-0.2, 0) is 25.6 Å². The van der Waals surface area contributed by atoms with Crippen molar-refractivity contribution in [3.05, 3.63) is 60.2 Å². The third kappa shape index (κ3) is 4.30. The fourth-order valence-corrected chi connectivity index (χ4v) is 3.77. The van der Waals surface area contributed by atoms with Gasteiger partial charge in [0.1, 0.15) is 0 Å². The van der Waals surface area contributed by atoms with Crippen molar-refractivity contribution >= 4 is 25.5 Å². The van der Waals surface area contributed by atoms with Crippen molar-refractivity contribution in [2.75, 3.05) is 11.0 Å². The highest BCUT2D eigenvalue weighted by atomic mass is 32.2. The molecule has 0 unspecified atom stereocenters. The first kappa shape index (κ1) is 15.5. The summed E-state index contributed by atoms with van der Waals surface area (Å²) in [6.07, 6.45) is 1.11. The molecular formula is C14H15NO4S2. The predicted molar refractivity (Wildman–Crippen MR) is 82.2 cm³/mol. The molecule has 2 aromatic carbocycles. The van der Waals surface area contributed by atoms with Crippen molar-refractivity contribution in [2.45, 2.75) is 10.6 Å². The molecule has 0 heterocycles. The van der Waals surface area contributed by atoms with Crippen LogP contribution in [0.5, 0.6) is 0 Å². The lowest BCUT2D eigenvalue weighted by Crippen LogP contribution is -2.15. The second-order valence-electron chi connectivity index (χ2n) is 4.65. The monoisotopic (exact) mass is 325 g/mol. The van der Waals surface area contributed by atoms with E-state index in [0.29, 0.717) is 5.56 Å². The summed E-state index contributed by atoms with van der Waals surface area (Å²) < 4.78 is 49.8. The summed E-state index contributed by atoms with van der Waals surface area (Å²) in [5.74, 6) is -0.222. The van der Waals surface area contributed by atoms with Gasteiger partial charge in [0.25, 0.3) is 10.0 Å². The van der Waals surface area contributed by atoms with Crippen molar-refractivity contribution in [1.82, 2.24) is 0 Å². The number of anilines is 1. The number of hydrogen-bond acceptors (Lipinski definition) is 4. The maximum absolute atomic E-state index is 12.3. The van der Waals surface area contributed by atoms with Gasteiger partial charge in [-0.15, -0.1) is 0 Å². The molecule has 2 aromatic rings. The topological polar surface area (TPSA) is 80.3 Å². The predicted octanol–water partition coefficient (Wildman–Crippen LogP) is 2.03. The molecule has 0 radical (unpaired) electrons. The Bertz CT molecular complexity index is 828. The summed E-state index contributed by atoms with van der Waals surface area (Å²) in [4.78, 5) is 0.124. The zero-order valence-corrected chi connectivity index (χ0v) is 13.0. The van der Waals surface area contributed by atoms with E-state index in [4.69, 9.17) is 0 Å². The Morgan fingerprint density at radius 3 is 2.05 bits per heavy atom. The molecule has 2 rings (SSSR count). The minimum absolute atomic E-state index is 0.124. The molecule has 0 saturated carbocycles. The lowest BCUT2D eigenvalue weighted by Gasteiger charge is -2.12. The van der Waals surface area contributed by atoms with Crippen LogP contribution in [0.25, 0.3) is 0 Å². The third-order valence-corrected chi connectivity index (χ3v) is 4.95. The van der Waals surface area contributed by atoms with E-state index in [0.717, 1.165) is 6.26 Å². The summed E-state index contributed by atoms with van der Waals surface area (Å²) >= 11 is 0. The maximum Gasteiger partial charge on any atom is 0.261 e. The molecule has 0 atom stereocenters. The SMILES string of the molecule is CS(=O)(=O)Cc1ccccc1NS(=O)(=O)c1ccccc1. The van der Waals surface area contributed by atoms with Crippen LogP contribution < -0.4 is 4.72 Å². The minimum atomic E-state index is -3.74. The average Bonchev–Trinajstić information content (AvgIpc) is 2.40. The van der Waals surface area contributed by atoms with E-state index in [1.807, 2.05) is 0 Å². The van der Waals surface area contributed by atoms with Crippen LogP contribution in [-0.4, -0.2) is 23.1 Å². The summed E-state index contributed by atoms with van der Waals surface area (Å²) in [6.45, 7) is 0. The highest BCUT2D eigenvalue weighted by molar-refractivity contribution is 7.92. The molecule has 7 heteroatoms. The highest BCUT2D eigenvalue weighted by Crippen LogP contribution is 2.21. The van der Waals surface area contributed by atoms with Gasteiger partial charge >= 0.3 is 0 Å². The Morgan fingerprint density at radius 1 is 0.857 bits per heavy atom. The molecule has 0 amide bonds. The number of nitrogens with one attached hydrogen (secondary N) is 1. The fraction of sp³-hybridized carbons (Fsp3) is 0.143. The van der Waals surface area contributed by atoms with Crippen molar-refractivity contribution in [3.63, 3.8) is 0 Å². The van der Waals surface area contributed by atoms with Crippen LogP contribution >= 0.6 is 0 Å². The largest absolute Gasteiger partial charge is 0.279 e. The Kier molecular flexibility index (Phi) is 4.34. The first-order chi connectivity index (χ1) is 9.78. The first-order valence-corrected chi connectivity index (χ1v) is 9.66. The maximum atomic E-state index is 12.3. The van der Waals surface area contributed by atoms with Crippen molar-refractivity contribution in [1.29, 1.82) is 0 Å². The van der Waals surface area contributed by atoms with Gasteiger partial charge in [0, 0.05) is 6.26 Å². The minimum Gasteiger partial charge on any atom is -0.279 e. The Morgan fingerprint density at radius 2 is 1.43 bits per heavy atom. The molecule has 0 spiro atoms. The third-order valence-electron chi connectivity index (χ3n) is 2.73. The van der Waals surface area contributed by atoms with E-state index < -0.39 is 19.9 Å². The molecule has 0 aliphatic carbocycles. The van der Waals surface area contributed by atoms with E-state index in [9.17, 15) is 16.8 Å². The van der Waals surface area contributed by atoms with Gasteiger partial charge in [-0.1, -0.05) is 36.4 Å². The van der Waals surface area contributed by atoms with Crippen LogP contribution in [0.2, 0.25) is 0 Å². The van der Waals surface area contributed by atoms with Gasteiger partial charge in [0.05, 0.1) is 16.3 Å². The molecule has 21 heavy (non-hydrogen) atoms. The fourth-order valence-electron chi connectivity index (χ4n) is 1.83. The van der Waals surface area contributed by atoms with Gasteiger partial charge in [-0.25, -0.2) is 16.8 Å². The molecule has 0 aromatic heterocycles. The number of hydrogen-bond donors (Lipinski definition) is 1. The number of benzene rings is 2.